The molecule has 2 bridgehead atoms. The van der Waals surface area contributed by atoms with Crippen LogP contribution >= 0.6 is 0 Å². The van der Waals surface area contributed by atoms with E-state index in [2.05, 4.69) is 10.3 Å². The Balaban J connectivity index is 1.60. The first kappa shape index (κ1) is 18.8. The molecular weight excluding hydrogens is 363 g/mol. The maximum absolute atomic E-state index is 14.1. The summed E-state index contributed by atoms with van der Waals surface area (Å²) in [4.78, 5) is 44.5. The Morgan fingerprint density at radius 1 is 1.32 bits per heavy atom. The smallest absolute Gasteiger partial charge is 0.256 e. The monoisotopic (exact) mass is 388 g/mol. The Labute approximate surface area is 163 Å². The van der Waals surface area contributed by atoms with E-state index >= 15 is 0 Å². The molecule has 1 aromatic rings. The lowest BCUT2D eigenvalue weighted by molar-refractivity contribution is -0.151. The molecule has 3 fully saturated rings. The van der Waals surface area contributed by atoms with Gasteiger partial charge in [-0.2, -0.15) is 0 Å². The van der Waals surface area contributed by atoms with Crippen molar-refractivity contribution in [2.45, 2.75) is 44.7 Å². The quantitative estimate of drug-likeness (QED) is 0.844. The van der Waals surface area contributed by atoms with Crippen LogP contribution in [-0.4, -0.2) is 64.2 Å². The third-order valence-corrected chi connectivity index (χ3v) is 6.35. The molecule has 0 aliphatic carbocycles. The van der Waals surface area contributed by atoms with Crippen molar-refractivity contribution in [1.29, 1.82) is 0 Å². The van der Waals surface area contributed by atoms with Crippen LogP contribution in [0.2, 0.25) is 0 Å². The lowest BCUT2D eigenvalue weighted by Crippen LogP contribution is -2.67. The lowest BCUT2D eigenvalue weighted by atomic mass is 9.72. The summed E-state index contributed by atoms with van der Waals surface area (Å²) in [5.74, 6) is -0.689. The molecule has 4 heterocycles. The van der Waals surface area contributed by atoms with Gasteiger partial charge in [0.15, 0.2) is 5.82 Å². The molecule has 4 rings (SSSR count). The minimum atomic E-state index is -0.618. The first-order valence-electron chi connectivity index (χ1n) is 9.90. The van der Waals surface area contributed by atoms with Crippen LogP contribution in [0.4, 0.5) is 4.39 Å². The molecule has 1 N–H and O–H groups in total. The zero-order valence-corrected chi connectivity index (χ0v) is 15.9. The minimum absolute atomic E-state index is 0.0324. The molecule has 150 valence electrons. The number of fused-ring (bicyclic) bond motifs is 4. The van der Waals surface area contributed by atoms with Gasteiger partial charge in [-0.1, -0.05) is 0 Å². The number of carbonyl (C=O) groups excluding carboxylic acids is 3. The van der Waals surface area contributed by atoms with Crippen molar-refractivity contribution in [3.05, 3.63) is 29.8 Å². The van der Waals surface area contributed by atoms with Gasteiger partial charge in [-0.3, -0.25) is 19.4 Å². The summed E-state index contributed by atoms with van der Waals surface area (Å²) in [7, 11) is 0. The molecule has 3 amide bonds. The van der Waals surface area contributed by atoms with Crippen molar-refractivity contribution >= 4 is 17.7 Å². The molecule has 3 aliphatic rings. The SMILES string of the molecule is CC(=O)NC[C@H]1[C@H]2C[C@H](CN(C(=O)c3ccncc3F)C2)[C@@H]2CCCC(=O)N21. The van der Waals surface area contributed by atoms with Gasteiger partial charge in [0.2, 0.25) is 11.8 Å². The van der Waals surface area contributed by atoms with E-state index in [-0.39, 0.29) is 47.2 Å². The maximum atomic E-state index is 14.1. The molecule has 0 spiro atoms. The van der Waals surface area contributed by atoms with Gasteiger partial charge in [-0.05, 0) is 37.2 Å². The molecular formula is C20H25FN4O3. The van der Waals surface area contributed by atoms with Gasteiger partial charge < -0.3 is 15.1 Å². The van der Waals surface area contributed by atoms with Gasteiger partial charge >= 0.3 is 0 Å². The summed E-state index contributed by atoms with van der Waals surface area (Å²) < 4.78 is 14.1. The predicted molar refractivity (Wildman–Crippen MR) is 98.7 cm³/mol. The molecule has 7 nitrogen and oxygen atoms in total. The highest BCUT2D eigenvalue weighted by molar-refractivity contribution is 5.94. The Hall–Kier alpha value is -2.51. The number of piperidine rings is 3. The second kappa shape index (κ2) is 7.48. The average Bonchev–Trinajstić information content (AvgIpc) is 2.68. The van der Waals surface area contributed by atoms with E-state index in [1.807, 2.05) is 4.90 Å². The topological polar surface area (TPSA) is 82.6 Å². The maximum Gasteiger partial charge on any atom is 0.256 e. The number of amides is 3. The molecule has 3 aliphatic heterocycles. The summed E-state index contributed by atoms with van der Waals surface area (Å²) >= 11 is 0. The Morgan fingerprint density at radius 3 is 2.86 bits per heavy atom. The Kier molecular flexibility index (Phi) is 5.03. The lowest BCUT2D eigenvalue weighted by Gasteiger charge is -2.56. The number of rotatable bonds is 3. The van der Waals surface area contributed by atoms with Crippen molar-refractivity contribution in [1.82, 2.24) is 20.1 Å². The van der Waals surface area contributed by atoms with E-state index in [9.17, 15) is 18.8 Å². The van der Waals surface area contributed by atoms with Gasteiger partial charge in [0, 0.05) is 45.2 Å². The van der Waals surface area contributed by atoms with Crippen molar-refractivity contribution < 1.29 is 18.8 Å². The van der Waals surface area contributed by atoms with Crippen molar-refractivity contribution in [2.75, 3.05) is 19.6 Å². The fourth-order valence-electron chi connectivity index (χ4n) is 5.17. The summed E-state index contributed by atoms with van der Waals surface area (Å²) in [6.45, 7) is 2.83. The molecule has 28 heavy (non-hydrogen) atoms. The van der Waals surface area contributed by atoms with Crippen LogP contribution in [0.5, 0.6) is 0 Å². The van der Waals surface area contributed by atoms with Crippen molar-refractivity contribution in [3.8, 4) is 0 Å². The molecule has 8 heteroatoms. The number of hydrogen-bond acceptors (Lipinski definition) is 4. The minimum Gasteiger partial charge on any atom is -0.354 e. The fraction of sp³-hybridized carbons (Fsp3) is 0.600. The van der Waals surface area contributed by atoms with E-state index in [4.69, 9.17) is 0 Å². The number of nitrogens with zero attached hydrogens (tertiary/aromatic N) is 3. The number of halogens is 1. The first-order chi connectivity index (χ1) is 13.5. The van der Waals surface area contributed by atoms with Crippen LogP contribution < -0.4 is 5.32 Å². The summed E-state index contributed by atoms with van der Waals surface area (Å²) in [5, 5.41) is 2.85. The highest BCUT2D eigenvalue weighted by Crippen LogP contribution is 2.41. The summed E-state index contributed by atoms with van der Waals surface area (Å²) in [5.41, 5.74) is 0.0324. The van der Waals surface area contributed by atoms with Crippen LogP contribution in [0.15, 0.2) is 18.5 Å². The summed E-state index contributed by atoms with van der Waals surface area (Å²) in [6.07, 6.45) is 5.69. The van der Waals surface area contributed by atoms with E-state index in [0.717, 1.165) is 25.5 Å². The number of hydrogen-bond donors (Lipinski definition) is 1. The van der Waals surface area contributed by atoms with Crippen LogP contribution in [0.1, 0.15) is 43.0 Å². The molecule has 4 atom stereocenters. The average molecular weight is 388 g/mol. The van der Waals surface area contributed by atoms with Crippen LogP contribution in [0, 0.1) is 17.7 Å². The second-order valence-corrected chi connectivity index (χ2v) is 8.09. The number of pyridine rings is 1. The van der Waals surface area contributed by atoms with Crippen LogP contribution in [0.25, 0.3) is 0 Å². The van der Waals surface area contributed by atoms with E-state index in [0.29, 0.717) is 26.1 Å². The highest BCUT2D eigenvalue weighted by Gasteiger charge is 2.50. The highest BCUT2D eigenvalue weighted by atomic mass is 19.1. The zero-order chi connectivity index (χ0) is 19.8. The largest absolute Gasteiger partial charge is 0.354 e. The molecule has 0 saturated carbocycles. The Bertz CT molecular complexity index is 801. The van der Waals surface area contributed by atoms with Gasteiger partial charge in [0.05, 0.1) is 17.8 Å². The van der Waals surface area contributed by atoms with Crippen LogP contribution in [0.3, 0.4) is 0 Å². The van der Waals surface area contributed by atoms with E-state index in [1.54, 1.807) is 4.90 Å². The summed E-state index contributed by atoms with van der Waals surface area (Å²) in [6, 6.07) is 1.36. The number of aromatic nitrogens is 1. The third-order valence-electron chi connectivity index (χ3n) is 6.35. The molecule has 0 aromatic carbocycles. The number of nitrogens with one attached hydrogen (secondary N) is 1. The van der Waals surface area contributed by atoms with Crippen LogP contribution in [-0.2, 0) is 9.59 Å². The van der Waals surface area contributed by atoms with Gasteiger partial charge in [-0.25, -0.2) is 4.39 Å². The fourth-order valence-corrected chi connectivity index (χ4v) is 5.17. The molecule has 3 saturated heterocycles. The standard InChI is InChI=1S/C20H25FN4O3/c1-12(26)23-9-18-14-7-13(17-3-2-4-19(27)25(17)18)10-24(11-14)20(28)15-5-6-22-8-16(15)21/h5-6,8,13-14,17-18H,2-4,7,9-11H2,1H3,(H,23,26)/t13-,14+,17+,18+/m1/s1. The number of likely N-dealkylation sites (tertiary alicyclic amines) is 1. The normalized spacial score (nSPS) is 29.3. The third kappa shape index (κ3) is 3.36. The van der Waals surface area contributed by atoms with Gasteiger partial charge in [0.25, 0.3) is 5.91 Å². The van der Waals surface area contributed by atoms with Gasteiger partial charge in [0.1, 0.15) is 0 Å². The molecule has 0 radical (unpaired) electrons. The van der Waals surface area contributed by atoms with Crippen molar-refractivity contribution in [2.24, 2.45) is 11.8 Å². The first-order valence-corrected chi connectivity index (χ1v) is 9.90. The van der Waals surface area contributed by atoms with E-state index in [1.165, 1.54) is 19.2 Å². The molecule has 0 unspecified atom stereocenters. The second-order valence-electron chi connectivity index (χ2n) is 8.09. The number of carbonyl (C=O) groups is 3. The van der Waals surface area contributed by atoms with Gasteiger partial charge in [-0.15, -0.1) is 0 Å². The Morgan fingerprint density at radius 2 is 2.11 bits per heavy atom. The zero-order valence-electron chi connectivity index (χ0n) is 15.9. The predicted octanol–water partition coefficient (Wildman–Crippen LogP) is 1.20. The molecule has 1 aromatic heterocycles. The van der Waals surface area contributed by atoms with E-state index < -0.39 is 5.82 Å². The van der Waals surface area contributed by atoms with Crippen molar-refractivity contribution in [3.63, 3.8) is 0 Å².